The molecular weight excluding hydrogens is 352 g/mol. The summed E-state index contributed by atoms with van der Waals surface area (Å²) in [4.78, 5) is 13.8. The molecule has 1 fully saturated rings. The lowest BCUT2D eigenvalue weighted by Crippen LogP contribution is -2.46. The van der Waals surface area contributed by atoms with E-state index in [1.165, 1.54) is 18.4 Å². The van der Waals surface area contributed by atoms with Gasteiger partial charge in [-0.1, -0.05) is 28.1 Å². The molecule has 3 rings (SSSR count). The van der Waals surface area contributed by atoms with Crippen molar-refractivity contribution in [2.75, 3.05) is 25.0 Å². The van der Waals surface area contributed by atoms with Crippen LogP contribution < -0.4 is 4.90 Å². The summed E-state index contributed by atoms with van der Waals surface area (Å²) in [6.07, 6.45) is 4.26. The molecule has 4 nitrogen and oxygen atoms in total. The van der Waals surface area contributed by atoms with E-state index in [9.17, 15) is 0 Å². The van der Waals surface area contributed by atoms with Gasteiger partial charge in [0, 0.05) is 42.5 Å². The van der Waals surface area contributed by atoms with Crippen LogP contribution in [0.4, 0.5) is 5.95 Å². The number of aromatic nitrogens is 2. The molecule has 1 unspecified atom stereocenters. The molecule has 5 heteroatoms. The first kappa shape index (κ1) is 16.4. The van der Waals surface area contributed by atoms with Crippen molar-refractivity contribution in [2.24, 2.45) is 0 Å². The Balaban J connectivity index is 1.64. The minimum Gasteiger partial charge on any atom is -0.340 e. The van der Waals surface area contributed by atoms with Crippen LogP contribution >= 0.6 is 15.9 Å². The Labute approximate surface area is 146 Å². The van der Waals surface area contributed by atoms with E-state index in [2.05, 4.69) is 67.0 Å². The molecule has 2 aromatic rings. The lowest BCUT2D eigenvalue weighted by molar-refractivity contribution is 0.198. The standard InChI is InChI=1S/C18H23BrN4/c1-14-9-10-20-18(21-14)22(2)17-4-3-11-23(13-17)12-15-5-7-16(19)8-6-15/h5-10,17H,3-4,11-13H2,1-2H3. The van der Waals surface area contributed by atoms with E-state index < -0.39 is 0 Å². The number of piperidine rings is 1. The van der Waals surface area contributed by atoms with Crippen molar-refractivity contribution in [3.8, 4) is 0 Å². The number of aryl methyl sites for hydroxylation is 1. The highest BCUT2D eigenvalue weighted by Gasteiger charge is 2.24. The monoisotopic (exact) mass is 374 g/mol. The summed E-state index contributed by atoms with van der Waals surface area (Å²) in [5, 5.41) is 0. The van der Waals surface area contributed by atoms with Crippen LogP contribution in [0.2, 0.25) is 0 Å². The lowest BCUT2D eigenvalue weighted by atomic mass is 10.0. The Bertz CT molecular complexity index is 644. The van der Waals surface area contributed by atoms with Gasteiger partial charge < -0.3 is 4.90 Å². The number of likely N-dealkylation sites (tertiary alicyclic amines) is 1. The van der Waals surface area contributed by atoms with Crippen LogP contribution in [0, 0.1) is 6.92 Å². The van der Waals surface area contributed by atoms with Crippen molar-refractivity contribution >= 4 is 21.9 Å². The highest BCUT2D eigenvalue weighted by Crippen LogP contribution is 2.20. The van der Waals surface area contributed by atoms with Gasteiger partial charge in [-0.2, -0.15) is 0 Å². The predicted octanol–water partition coefficient (Wildman–Crippen LogP) is 3.65. The number of likely N-dealkylation sites (N-methyl/N-ethyl adjacent to an activating group) is 1. The van der Waals surface area contributed by atoms with Crippen LogP contribution in [0.15, 0.2) is 41.0 Å². The van der Waals surface area contributed by atoms with Crippen LogP contribution in [-0.2, 0) is 6.54 Å². The van der Waals surface area contributed by atoms with E-state index in [0.29, 0.717) is 6.04 Å². The van der Waals surface area contributed by atoms with E-state index in [1.54, 1.807) is 0 Å². The maximum atomic E-state index is 4.56. The first-order valence-corrected chi connectivity index (χ1v) is 8.90. The van der Waals surface area contributed by atoms with Crippen LogP contribution in [0.5, 0.6) is 0 Å². The topological polar surface area (TPSA) is 32.3 Å². The summed E-state index contributed by atoms with van der Waals surface area (Å²) in [7, 11) is 2.11. The number of nitrogens with zero attached hydrogens (tertiary/aromatic N) is 4. The van der Waals surface area contributed by atoms with E-state index in [0.717, 1.165) is 35.7 Å². The van der Waals surface area contributed by atoms with E-state index in [1.807, 2.05) is 19.2 Å². The smallest absolute Gasteiger partial charge is 0.225 e. The third-order valence-electron chi connectivity index (χ3n) is 4.45. The normalized spacial score (nSPS) is 18.8. The average molecular weight is 375 g/mol. The Morgan fingerprint density at radius 2 is 2.04 bits per heavy atom. The van der Waals surface area contributed by atoms with Gasteiger partial charge in [-0.15, -0.1) is 0 Å². The van der Waals surface area contributed by atoms with Gasteiger partial charge in [0.05, 0.1) is 0 Å². The van der Waals surface area contributed by atoms with E-state index >= 15 is 0 Å². The van der Waals surface area contributed by atoms with Gasteiger partial charge in [0.1, 0.15) is 0 Å². The van der Waals surface area contributed by atoms with Gasteiger partial charge >= 0.3 is 0 Å². The molecule has 1 aromatic heterocycles. The van der Waals surface area contributed by atoms with Crippen LogP contribution in [-0.4, -0.2) is 41.0 Å². The predicted molar refractivity (Wildman–Crippen MR) is 97.6 cm³/mol. The molecule has 1 saturated heterocycles. The Morgan fingerprint density at radius 1 is 1.26 bits per heavy atom. The van der Waals surface area contributed by atoms with Crippen molar-refractivity contribution in [2.45, 2.75) is 32.4 Å². The molecular formula is C18H23BrN4. The molecule has 1 atom stereocenters. The molecule has 2 heterocycles. The van der Waals surface area contributed by atoms with Gasteiger partial charge in [0.25, 0.3) is 0 Å². The summed E-state index contributed by atoms with van der Waals surface area (Å²) in [6.45, 7) is 5.24. The maximum Gasteiger partial charge on any atom is 0.225 e. The van der Waals surface area contributed by atoms with Crippen LogP contribution in [0.3, 0.4) is 0 Å². The van der Waals surface area contributed by atoms with Gasteiger partial charge in [-0.3, -0.25) is 4.90 Å². The molecule has 1 aliphatic rings. The molecule has 0 saturated carbocycles. The largest absolute Gasteiger partial charge is 0.340 e. The molecule has 1 aromatic carbocycles. The highest BCUT2D eigenvalue weighted by molar-refractivity contribution is 9.10. The quantitative estimate of drug-likeness (QED) is 0.817. The number of hydrogen-bond donors (Lipinski definition) is 0. The van der Waals surface area contributed by atoms with Crippen molar-refractivity contribution < 1.29 is 0 Å². The fourth-order valence-corrected chi connectivity index (χ4v) is 3.37. The second kappa shape index (κ2) is 7.41. The number of benzene rings is 1. The zero-order chi connectivity index (χ0) is 16.2. The van der Waals surface area contributed by atoms with Gasteiger partial charge in [0.2, 0.25) is 5.95 Å². The summed E-state index contributed by atoms with van der Waals surface area (Å²) in [5.74, 6) is 0.834. The van der Waals surface area contributed by atoms with Gasteiger partial charge in [-0.05, 0) is 50.1 Å². The fourth-order valence-electron chi connectivity index (χ4n) is 3.11. The molecule has 122 valence electrons. The highest BCUT2D eigenvalue weighted by atomic mass is 79.9. The Morgan fingerprint density at radius 3 is 2.78 bits per heavy atom. The molecule has 23 heavy (non-hydrogen) atoms. The molecule has 0 spiro atoms. The molecule has 0 bridgehead atoms. The number of anilines is 1. The van der Waals surface area contributed by atoms with Crippen LogP contribution in [0.25, 0.3) is 0 Å². The van der Waals surface area contributed by atoms with Crippen molar-refractivity contribution in [3.05, 3.63) is 52.3 Å². The first-order chi connectivity index (χ1) is 11.1. The number of halogens is 1. The maximum absolute atomic E-state index is 4.56. The minimum atomic E-state index is 0.473. The SMILES string of the molecule is Cc1ccnc(N(C)C2CCCN(Cc3ccc(Br)cc3)C2)n1. The minimum absolute atomic E-state index is 0.473. The van der Waals surface area contributed by atoms with Crippen molar-refractivity contribution in [1.29, 1.82) is 0 Å². The zero-order valence-corrected chi connectivity index (χ0v) is 15.3. The molecule has 0 radical (unpaired) electrons. The molecule has 0 N–H and O–H groups in total. The third-order valence-corrected chi connectivity index (χ3v) is 4.97. The molecule has 1 aliphatic heterocycles. The molecule has 0 aliphatic carbocycles. The second-order valence-corrected chi connectivity index (χ2v) is 7.18. The fraction of sp³-hybridized carbons (Fsp3) is 0.444. The molecule has 0 amide bonds. The Kier molecular flexibility index (Phi) is 5.28. The van der Waals surface area contributed by atoms with E-state index in [4.69, 9.17) is 0 Å². The summed E-state index contributed by atoms with van der Waals surface area (Å²) in [6, 6.07) is 11.0. The number of rotatable bonds is 4. The van der Waals surface area contributed by atoms with Crippen LogP contribution in [0.1, 0.15) is 24.1 Å². The zero-order valence-electron chi connectivity index (χ0n) is 13.7. The second-order valence-electron chi connectivity index (χ2n) is 6.27. The third kappa shape index (κ3) is 4.30. The van der Waals surface area contributed by atoms with Gasteiger partial charge in [0.15, 0.2) is 0 Å². The summed E-state index contributed by atoms with van der Waals surface area (Å²) < 4.78 is 1.13. The lowest BCUT2D eigenvalue weighted by Gasteiger charge is -2.37. The van der Waals surface area contributed by atoms with E-state index in [-0.39, 0.29) is 0 Å². The van der Waals surface area contributed by atoms with Gasteiger partial charge in [-0.25, -0.2) is 9.97 Å². The average Bonchev–Trinajstić information content (AvgIpc) is 2.56. The Hall–Kier alpha value is -1.46. The number of hydrogen-bond acceptors (Lipinski definition) is 4. The van der Waals surface area contributed by atoms with Crippen molar-refractivity contribution in [1.82, 2.24) is 14.9 Å². The first-order valence-electron chi connectivity index (χ1n) is 8.11. The van der Waals surface area contributed by atoms with Crippen molar-refractivity contribution in [3.63, 3.8) is 0 Å². The summed E-state index contributed by atoms with van der Waals surface area (Å²) in [5.41, 5.74) is 2.38. The summed E-state index contributed by atoms with van der Waals surface area (Å²) >= 11 is 3.50.